The summed E-state index contributed by atoms with van der Waals surface area (Å²) in [7, 11) is -1.96. The number of anilines is 2. The summed E-state index contributed by atoms with van der Waals surface area (Å²) in [6, 6.07) is 20.6. The number of nitrogens with zero attached hydrogens (tertiary/aromatic N) is 1. The zero-order valence-corrected chi connectivity index (χ0v) is 11.9. The van der Waals surface area contributed by atoms with Gasteiger partial charge in [-0.25, -0.2) is 0 Å². The third-order valence-corrected chi connectivity index (χ3v) is 4.65. The highest BCUT2D eigenvalue weighted by Crippen LogP contribution is 2.32. The first kappa shape index (κ1) is 12.2. The Kier molecular flexibility index (Phi) is 3.55. The molecule has 0 aliphatic rings. The molecule has 0 atom stereocenters. The highest BCUT2D eigenvalue weighted by Gasteiger charge is 2.28. The summed E-state index contributed by atoms with van der Waals surface area (Å²) in [5.74, 6) is 0. The molecule has 0 bridgehead atoms. The topological polar surface area (TPSA) is 3.24 Å². The molecule has 0 amide bonds. The van der Waals surface area contributed by atoms with Crippen molar-refractivity contribution in [1.82, 2.24) is 0 Å². The van der Waals surface area contributed by atoms with Gasteiger partial charge >= 0.3 is 0 Å². The zero-order valence-electron chi connectivity index (χ0n) is 10.1. The van der Waals surface area contributed by atoms with Crippen LogP contribution in [0.2, 0.25) is 13.1 Å². The summed E-state index contributed by atoms with van der Waals surface area (Å²) < 4.78 is 2.26. The third-order valence-electron chi connectivity index (χ3n) is 2.56. The van der Waals surface area contributed by atoms with Crippen molar-refractivity contribution in [3.63, 3.8) is 0 Å². The molecule has 0 spiro atoms. The molecule has 0 saturated carbocycles. The first-order valence-electron chi connectivity index (χ1n) is 5.68. The molecule has 0 saturated heterocycles. The maximum atomic E-state index is 6.63. The molecule has 0 fully saturated rings. The van der Waals surface area contributed by atoms with Crippen LogP contribution in [0.5, 0.6) is 0 Å². The highest BCUT2D eigenvalue weighted by atomic mass is 35.6. The molecule has 1 nitrogen and oxygen atoms in total. The van der Waals surface area contributed by atoms with Crippen LogP contribution in [-0.2, 0) is 0 Å². The van der Waals surface area contributed by atoms with Gasteiger partial charge in [0.1, 0.15) is 0 Å². The molecule has 88 valence electrons. The lowest BCUT2D eigenvalue weighted by Crippen LogP contribution is -2.40. The number of hydrogen-bond donors (Lipinski definition) is 0. The second kappa shape index (κ2) is 4.94. The van der Waals surface area contributed by atoms with E-state index in [1.807, 2.05) is 36.4 Å². The molecule has 0 aliphatic carbocycles. The highest BCUT2D eigenvalue weighted by molar-refractivity contribution is 7.21. The lowest BCUT2D eigenvalue weighted by atomic mass is 10.3. The van der Waals surface area contributed by atoms with Gasteiger partial charge in [0.25, 0.3) is 7.55 Å². The largest absolute Gasteiger partial charge is 0.355 e. The van der Waals surface area contributed by atoms with E-state index >= 15 is 0 Å². The summed E-state index contributed by atoms with van der Waals surface area (Å²) in [6.07, 6.45) is 0. The van der Waals surface area contributed by atoms with Crippen LogP contribution < -0.4 is 4.57 Å². The predicted octanol–water partition coefficient (Wildman–Crippen LogP) is 4.77. The Balaban J connectivity index is 2.48. The Bertz CT molecular complexity index is 425. The monoisotopic (exact) mass is 261 g/mol. The first-order chi connectivity index (χ1) is 8.09. The van der Waals surface area contributed by atoms with Crippen LogP contribution in [-0.4, -0.2) is 7.55 Å². The van der Waals surface area contributed by atoms with E-state index in [4.69, 9.17) is 11.1 Å². The van der Waals surface area contributed by atoms with E-state index in [2.05, 4.69) is 41.9 Å². The molecular formula is C14H16ClNSi. The van der Waals surface area contributed by atoms with Gasteiger partial charge in [-0.1, -0.05) is 36.4 Å². The van der Waals surface area contributed by atoms with Crippen LogP contribution in [0.15, 0.2) is 60.7 Å². The van der Waals surface area contributed by atoms with E-state index in [-0.39, 0.29) is 0 Å². The first-order valence-corrected chi connectivity index (χ1v) is 9.64. The maximum absolute atomic E-state index is 6.63. The van der Waals surface area contributed by atoms with E-state index < -0.39 is 7.55 Å². The average molecular weight is 262 g/mol. The predicted molar refractivity (Wildman–Crippen MR) is 78.4 cm³/mol. The van der Waals surface area contributed by atoms with Gasteiger partial charge in [0.2, 0.25) is 0 Å². The van der Waals surface area contributed by atoms with E-state index in [9.17, 15) is 0 Å². The molecular weight excluding hydrogens is 246 g/mol. The average Bonchev–Trinajstić information content (AvgIpc) is 2.30. The van der Waals surface area contributed by atoms with Gasteiger partial charge in [-0.05, 0) is 37.4 Å². The molecule has 2 rings (SSSR count). The van der Waals surface area contributed by atoms with Gasteiger partial charge in [-0.3, -0.25) is 0 Å². The zero-order chi connectivity index (χ0) is 12.3. The van der Waals surface area contributed by atoms with E-state index in [1.165, 1.54) is 0 Å². The smallest absolute Gasteiger partial charge is 0.253 e. The van der Waals surface area contributed by atoms with Gasteiger partial charge in [-0.15, -0.1) is 11.1 Å². The van der Waals surface area contributed by atoms with Crippen molar-refractivity contribution in [2.75, 3.05) is 4.57 Å². The van der Waals surface area contributed by atoms with Crippen LogP contribution in [0.4, 0.5) is 11.4 Å². The molecule has 2 aromatic rings. The third kappa shape index (κ3) is 2.90. The van der Waals surface area contributed by atoms with Gasteiger partial charge in [0.15, 0.2) is 0 Å². The molecule has 0 radical (unpaired) electrons. The van der Waals surface area contributed by atoms with Crippen LogP contribution in [0.1, 0.15) is 0 Å². The Morgan fingerprint density at radius 1 is 0.765 bits per heavy atom. The summed E-state index contributed by atoms with van der Waals surface area (Å²) >= 11 is 6.63. The number of benzene rings is 2. The Morgan fingerprint density at radius 2 is 1.12 bits per heavy atom. The van der Waals surface area contributed by atoms with Gasteiger partial charge < -0.3 is 4.57 Å². The minimum absolute atomic E-state index is 1.16. The molecule has 2 aromatic carbocycles. The quantitative estimate of drug-likeness (QED) is 0.569. The molecule has 3 heteroatoms. The molecule has 0 unspecified atom stereocenters. The van der Waals surface area contributed by atoms with Gasteiger partial charge in [0, 0.05) is 11.4 Å². The van der Waals surface area contributed by atoms with Crippen molar-refractivity contribution in [3.05, 3.63) is 60.7 Å². The van der Waals surface area contributed by atoms with Crippen LogP contribution in [0.3, 0.4) is 0 Å². The fourth-order valence-corrected chi connectivity index (χ4v) is 4.03. The van der Waals surface area contributed by atoms with Crippen LogP contribution in [0.25, 0.3) is 0 Å². The van der Waals surface area contributed by atoms with Crippen molar-refractivity contribution in [2.45, 2.75) is 13.1 Å². The molecule has 0 heterocycles. The minimum atomic E-state index is -1.96. The molecule has 0 N–H and O–H groups in total. The Morgan fingerprint density at radius 3 is 1.41 bits per heavy atom. The van der Waals surface area contributed by atoms with E-state index in [1.54, 1.807) is 0 Å². The van der Waals surface area contributed by atoms with Crippen molar-refractivity contribution in [3.8, 4) is 0 Å². The normalized spacial score (nSPS) is 11.2. The van der Waals surface area contributed by atoms with Crippen molar-refractivity contribution < 1.29 is 0 Å². The Hall–Kier alpha value is -1.25. The van der Waals surface area contributed by atoms with E-state index in [0.29, 0.717) is 0 Å². The molecule has 0 aliphatic heterocycles. The fraction of sp³-hybridized carbons (Fsp3) is 0.143. The SMILES string of the molecule is C[Si](C)(Cl)N(c1ccccc1)c1ccccc1. The van der Waals surface area contributed by atoms with Gasteiger partial charge in [-0.2, -0.15) is 0 Å². The van der Waals surface area contributed by atoms with Crippen LogP contribution in [0, 0.1) is 0 Å². The number of halogens is 1. The van der Waals surface area contributed by atoms with Crippen molar-refractivity contribution >= 4 is 30.0 Å². The van der Waals surface area contributed by atoms with Crippen LogP contribution >= 0.6 is 11.1 Å². The number of hydrogen-bond acceptors (Lipinski definition) is 1. The van der Waals surface area contributed by atoms with Crippen molar-refractivity contribution in [2.24, 2.45) is 0 Å². The summed E-state index contributed by atoms with van der Waals surface area (Å²) in [4.78, 5) is 0. The Labute approximate surface area is 108 Å². The standard InChI is InChI=1S/C14H16ClNSi/c1-17(2,15)16(13-9-5-3-6-10-13)14-11-7-4-8-12-14/h3-12H,1-2H3. The number of rotatable bonds is 3. The summed E-state index contributed by atoms with van der Waals surface area (Å²) in [5, 5.41) is 0. The van der Waals surface area contributed by atoms with Gasteiger partial charge in [0.05, 0.1) is 0 Å². The fourth-order valence-electron chi connectivity index (χ4n) is 1.92. The number of para-hydroxylation sites is 2. The second-order valence-electron chi connectivity index (χ2n) is 4.42. The van der Waals surface area contributed by atoms with E-state index in [0.717, 1.165) is 11.4 Å². The molecule has 17 heavy (non-hydrogen) atoms. The maximum Gasteiger partial charge on any atom is 0.253 e. The lowest BCUT2D eigenvalue weighted by molar-refractivity contribution is 1.35. The summed E-state index contributed by atoms with van der Waals surface area (Å²) in [6.45, 7) is 4.27. The lowest BCUT2D eigenvalue weighted by Gasteiger charge is -2.34. The van der Waals surface area contributed by atoms with Crippen molar-refractivity contribution in [1.29, 1.82) is 0 Å². The minimum Gasteiger partial charge on any atom is -0.355 e. The molecule has 0 aromatic heterocycles. The summed E-state index contributed by atoms with van der Waals surface area (Å²) in [5.41, 5.74) is 2.32. The second-order valence-corrected chi connectivity index (χ2v) is 10.5.